The summed E-state index contributed by atoms with van der Waals surface area (Å²) in [5.41, 5.74) is 0.628. The molecule has 31 heavy (non-hydrogen) atoms. The second kappa shape index (κ2) is 9.69. The highest BCUT2D eigenvalue weighted by Gasteiger charge is 2.47. The molecule has 2 rings (SSSR count). The molecule has 0 unspecified atom stereocenters. The van der Waals surface area contributed by atoms with Gasteiger partial charge >= 0.3 is 0 Å². The van der Waals surface area contributed by atoms with Gasteiger partial charge in [0.1, 0.15) is 5.78 Å². The van der Waals surface area contributed by atoms with Crippen molar-refractivity contribution in [2.45, 2.75) is 88.9 Å². The summed E-state index contributed by atoms with van der Waals surface area (Å²) >= 11 is 0. The number of Topliss-reactive ketones (excluding diaryl/α,β-unsaturated/α-hetero) is 1. The van der Waals surface area contributed by atoms with Gasteiger partial charge in [0.15, 0.2) is 8.32 Å². The summed E-state index contributed by atoms with van der Waals surface area (Å²) < 4.78 is 38.1. The summed E-state index contributed by atoms with van der Waals surface area (Å²) in [4.78, 5) is 12.1. The Kier molecular flexibility index (Phi) is 8.12. The van der Waals surface area contributed by atoms with Gasteiger partial charge in [-0.25, -0.2) is 0 Å². The highest BCUT2D eigenvalue weighted by atomic mass is 32.2. The summed E-state index contributed by atoms with van der Waals surface area (Å²) in [5.74, 6) is 0.249. The zero-order valence-corrected chi connectivity index (χ0v) is 21.7. The van der Waals surface area contributed by atoms with E-state index in [1.54, 1.807) is 24.3 Å². The van der Waals surface area contributed by atoms with Crippen LogP contribution < -0.4 is 0 Å². The van der Waals surface area contributed by atoms with Gasteiger partial charge in [0, 0.05) is 18.3 Å². The van der Waals surface area contributed by atoms with E-state index >= 15 is 0 Å². The Hall–Kier alpha value is -1.28. The first-order chi connectivity index (χ1) is 14.2. The molecule has 0 bridgehead atoms. The minimum atomic E-state index is -3.91. The zero-order chi connectivity index (χ0) is 23.5. The Morgan fingerprint density at radius 1 is 1.16 bits per heavy atom. The molecule has 0 spiro atoms. The van der Waals surface area contributed by atoms with E-state index in [1.165, 1.54) is 0 Å². The van der Waals surface area contributed by atoms with Crippen LogP contribution in [0.1, 0.15) is 58.4 Å². The fourth-order valence-electron chi connectivity index (χ4n) is 3.76. The first-order valence-corrected chi connectivity index (χ1v) is 15.3. The average Bonchev–Trinajstić information content (AvgIpc) is 2.67. The SMILES string of the molecule is C=CCC1([C@H](COS(=O)(=O)c2ccc(C)cc2)O[Si](C)(C)C(C)(C)C)CCC(=O)CC1. The van der Waals surface area contributed by atoms with Crippen LogP contribution in [0.15, 0.2) is 41.8 Å². The average molecular weight is 467 g/mol. The van der Waals surface area contributed by atoms with Crippen LogP contribution in [0.25, 0.3) is 0 Å². The quantitative estimate of drug-likeness (QED) is 0.261. The van der Waals surface area contributed by atoms with Crippen molar-refractivity contribution in [1.82, 2.24) is 0 Å². The molecule has 0 aromatic heterocycles. The molecule has 1 atom stereocenters. The number of carbonyl (C=O) groups excluding carboxylic acids is 1. The summed E-state index contributed by atoms with van der Waals surface area (Å²) in [6.07, 6.45) is 4.36. The molecule has 1 saturated carbocycles. The number of hydrogen-bond donors (Lipinski definition) is 0. The topological polar surface area (TPSA) is 69.7 Å². The molecule has 174 valence electrons. The van der Waals surface area contributed by atoms with Gasteiger partial charge in [-0.2, -0.15) is 8.42 Å². The molecule has 1 aliphatic rings. The number of carbonyl (C=O) groups is 1. The molecule has 0 heterocycles. The van der Waals surface area contributed by atoms with Crippen LogP contribution in [0.4, 0.5) is 0 Å². The number of benzene rings is 1. The predicted octanol–water partition coefficient (Wildman–Crippen LogP) is 5.80. The van der Waals surface area contributed by atoms with Crippen molar-refractivity contribution in [3.05, 3.63) is 42.5 Å². The second-order valence-corrected chi connectivity index (χ2v) is 16.7. The minimum Gasteiger partial charge on any atom is -0.411 e. The third-order valence-corrected chi connectivity index (χ3v) is 12.7. The molecule has 1 aromatic rings. The van der Waals surface area contributed by atoms with Crippen LogP contribution in [0.5, 0.6) is 0 Å². The number of ketones is 1. The van der Waals surface area contributed by atoms with E-state index in [-0.39, 0.29) is 27.7 Å². The van der Waals surface area contributed by atoms with E-state index in [2.05, 4.69) is 40.4 Å². The third-order valence-electron chi connectivity index (χ3n) is 6.96. The Bertz CT molecular complexity index is 872. The Labute approximate surface area is 189 Å². The standard InChI is InChI=1S/C24H38O5SSi/c1-8-15-24(16-13-20(25)14-17-24)22(29-31(6,7)23(3,4)5)18-28-30(26,27)21-11-9-19(2)10-12-21/h8-12,22H,1,13-18H2,2-7H3/t22-/m0/s1. The molecule has 0 aliphatic heterocycles. The Balaban J connectivity index is 2.35. The zero-order valence-electron chi connectivity index (χ0n) is 19.9. The molecule has 0 N–H and O–H groups in total. The van der Waals surface area contributed by atoms with Gasteiger partial charge in [-0.1, -0.05) is 44.5 Å². The lowest BCUT2D eigenvalue weighted by Crippen LogP contribution is -2.52. The fraction of sp³-hybridized carbons (Fsp3) is 0.625. The molecule has 7 heteroatoms. The van der Waals surface area contributed by atoms with Crippen molar-refractivity contribution < 1.29 is 21.8 Å². The smallest absolute Gasteiger partial charge is 0.297 e. The van der Waals surface area contributed by atoms with Gasteiger partial charge in [-0.05, 0) is 56.5 Å². The number of hydrogen-bond acceptors (Lipinski definition) is 5. The van der Waals surface area contributed by atoms with E-state index < -0.39 is 24.5 Å². The molecule has 1 fully saturated rings. The van der Waals surface area contributed by atoms with Gasteiger partial charge in [0.05, 0.1) is 17.6 Å². The lowest BCUT2D eigenvalue weighted by molar-refractivity contribution is -0.125. The number of allylic oxidation sites excluding steroid dienone is 1. The van der Waals surface area contributed by atoms with E-state index in [0.717, 1.165) is 5.56 Å². The minimum absolute atomic E-state index is 0.0407. The van der Waals surface area contributed by atoms with E-state index in [4.69, 9.17) is 8.61 Å². The van der Waals surface area contributed by atoms with Crippen molar-refractivity contribution >= 4 is 24.2 Å². The van der Waals surface area contributed by atoms with E-state index in [1.807, 2.05) is 13.0 Å². The van der Waals surface area contributed by atoms with Crippen molar-refractivity contribution in [1.29, 1.82) is 0 Å². The maximum absolute atomic E-state index is 12.9. The molecule has 1 aromatic carbocycles. The van der Waals surface area contributed by atoms with Crippen molar-refractivity contribution in [2.75, 3.05) is 6.61 Å². The van der Waals surface area contributed by atoms with Crippen molar-refractivity contribution in [3.8, 4) is 0 Å². The summed E-state index contributed by atoms with van der Waals surface area (Å²) in [7, 11) is -6.13. The van der Waals surface area contributed by atoms with Crippen LogP contribution in [-0.4, -0.2) is 35.2 Å². The van der Waals surface area contributed by atoms with Crippen molar-refractivity contribution in [2.24, 2.45) is 5.41 Å². The first-order valence-electron chi connectivity index (χ1n) is 11.0. The normalized spacial score (nSPS) is 18.6. The van der Waals surface area contributed by atoms with Gasteiger partial charge in [-0.3, -0.25) is 8.98 Å². The van der Waals surface area contributed by atoms with E-state index in [9.17, 15) is 13.2 Å². The maximum Gasteiger partial charge on any atom is 0.297 e. The van der Waals surface area contributed by atoms with Gasteiger partial charge in [0.25, 0.3) is 10.1 Å². The van der Waals surface area contributed by atoms with Crippen LogP contribution >= 0.6 is 0 Å². The lowest BCUT2D eigenvalue weighted by Gasteiger charge is -2.48. The summed E-state index contributed by atoms with van der Waals surface area (Å²) in [5, 5.41) is -0.0407. The predicted molar refractivity (Wildman–Crippen MR) is 127 cm³/mol. The van der Waals surface area contributed by atoms with Crippen LogP contribution in [0.3, 0.4) is 0 Å². The highest BCUT2D eigenvalue weighted by molar-refractivity contribution is 7.86. The van der Waals surface area contributed by atoms with Crippen LogP contribution in [0, 0.1) is 12.3 Å². The summed E-state index contributed by atoms with van der Waals surface area (Å²) in [6, 6.07) is 6.64. The molecule has 0 radical (unpaired) electrons. The molecular weight excluding hydrogens is 428 g/mol. The van der Waals surface area contributed by atoms with Gasteiger partial charge < -0.3 is 4.43 Å². The Morgan fingerprint density at radius 3 is 2.19 bits per heavy atom. The largest absolute Gasteiger partial charge is 0.411 e. The molecular formula is C24H38O5SSi. The number of rotatable bonds is 9. The second-order valence-electron chi connectivity index (χ2n) is 10.3. The van der Waals surface area contributed by atoms with Gasteiger partial charge in [0.2, 0.25) is 0 Å². The fourth-order valence-corrected chi connectivity index (χ4v) is 6.06. The highest BCUT2D eigenvalue weighted by Crippen LogP contribution is 2.47. The van der Waals surface area contributed by atoms with Crippen molar-refractivity contribution in [3.63, 3.8) is 0 Å². The van der Waals surface area contributed by atoms with Crippen LogP contribution in [-0.2, 0) is 23.5 Å². The maximum atomic E-state index is 12.9. The third kappa shape index (κ3) is 6.37. The van der Waals surface area contributed by atoms with E-state index in [0.29, 0.717) is 32.1 Å². The van der Waals surface area contributed by atoms with Gasteiger partial charge in [-0.15, -0.1) is 6.58 Å². The molecule has 0 saturated heterocycles. The Morgan fingerprint density at radius 2 is 1.71 bits per heavy atom. The molecule has 5 nitrogen and oxygen atoms in total. The molecule has 1 aliphatic carbocycles. The number of aryl methyl sites for hydroxylation is 1. The lowest BCUT2D eigenvalue weighted by atomic mass is 9.68. The summed E-state index contributed by atoms with van der Waals surface area (Å²) in [6.45, 7) is 16.6. The molecule has 0 amide bonds. The van der Waals surface area contributed by atoms with Crippen LogP contribution in [0.2, 0.25) is 18.1 Å². The first kappa shape index (κ1) is 26.0. The monoisotopic (exact) mass is 466 g/mol.